The van der Waals surface area contributed by atoms with E-state index in [-0.39, 0.29) is 0 Å². The Hall–Kier alpha value is -0.160. The standard InChI is InChI=1S/C21H41N4/c1-14(2)23-12-17-8-10-19(23)21(17)25(5,6)13-15(3)24-11-16-7-9-18(24)20(16)22-4/h14-22H,7-13H2,1-6H3/q+1. The first-order chi connectivity index (χ1) is 11.8. The molecule has 144 valence electrons. The fourth-order valence-corrected chi connectivity index (χ4v) is 7.52. The van der Waals surface area contributed by atoms with Gasteiger partial charge in [0.2, 0.25) is 0 Å². The van der Waals surface area contributed by atoms with Crippen molar-refractivity contribution in [3.63, 3.8) is 0 Å². The number of fused-ring (bicyclic) bond motifs is 4. The minimum Gasteiger partial charge on any atom is -0.323 e. The number of nitrogens with one attached hydrogen (secondary N) is 1. The van der Waals surface area contributed by atoms with E-state index in [0.29, 0.717) is 12.1 Å². The second-order valence-electron chi connectivity index (χ2n) is 10.4. The normalized spacial score (nSPS) is 42.8. The smallest absolute Gasteiger partial charge is 0.108 e. The summed E-state index contributed by atoms with van der Waals surface area (Å²) >= 11 is 0. The second kappa shape index (κ2) is 6.47. The molecule has 0 aromatic carbocycles. The third-order valence-corrected chi connectivity index (χ3v) is 8.31. The van der Waals surface area contributed by atoms with E-state index in [4.69, 9.17) is 0 Å². The molecule has 25 heavy (non-hydrogen) atoms. The zero-order chi connectivity index (χ0) is 17.9. The minimum atomic E-state index is 0.702. The van der Waals surface area contributed by atoms with Gasteiger partial charge in [-0.1, -0.05) is 0 Å². The van der Waals surface area contributed by atoms with E-state index in [1.807, 2.05) is 0 Å². The number of quaternary nitrogens is 1. The summed E-state index contributed by atoms with van der Waals surface area (Å²) in [5, 5.41) is 3.62. The molecule has 0 aromatic heterocycles. The Labute approximate surface area is 155 Å². The second-order valence-corrected chi connectivity index (χ2v) is 10.4. The van der Waals surface area contributed by atoms with Crippen LogP contribution in [-0.4, -0.2) is 91.3 Å². The molecule has 4 nitrogen and oxygen atoms in total. The quantitative estimate of drug-likeness (QED) is 0.740. The molecule has 1 N–H and O–H groups in total. The molecule has 0 aromatic rings. The number of hydrogen-bond acceptors (Lipinski definition) is 3. The maximum atomic E-state index is 3.62. The lowest BCUT2D eigenvalue weighted by molar-refractivity contribution is -0.919. The zero-order valence-corrected chi connectivity index (χ0v) is 17.4. The van der Waals surface area contributed by atoms with Crippen LogP contribution < -0.4 is 5.32 Å². The lowest BCUT2D eigenvalue weighted by Crippen LogP contribution is -2.60. The first kappa shape index (κ1) is 18.2. The monoisotopic (exact) mass is 349 g/mol. The fraction of sp³-hybridized carbons (Fsp3) is 1.00. The lowest BCUT2D eigenvalue weighted by atomic mass is 10.0. The highest BCUT2D eigenvalue weighted by Gasteiger charge is 2.56. The van der Waals surface area contributed by atoms with Gasteiger partial charge >= 0.3 is 0 Å². The Morgan fingerprint density at radius 1 is 0.920 bits per heavy atom. The molecule has 2 aliphatic heterocycles. The molecule has 2 saturated carbocycles. The average molecular weight is 350 g/mol. The van der Waals surface area contributed by atoms with Crippen molar-refractivity contribution in [3.05, 3.63) is 0 Å². The summed E-state index contributed by atoms with van der Waals surface area (Å²) < 4.78 is 1.22. The Morgan fingerprint density at radius 3 is 2.16 bits per heavy atom. The zero-order valence-electron chi connectivity index (χ0n) is 17.4. The highest BCUT2D eigenvalue weighted by molar-refractivity contribution is 5.05. The van der Waals surface area contributed by atoms with Crippen LogP contribution in [0, 0.1) is 11.8 Å². The molecule has 0 radical (unpaired) electrons. The van der Waals surface area contributed by atoms with Crippen LogP contribution in [-0.2, 0) is 0 Å². The summed E-state index contributed by atoms with van der Waals surface area (Å²) in [7, 11) is 7.22. The summed E-state index contributed by atoms with van der Waals surface area (Å²) in [4.78, 5) is 5.66. The first-order valence-electron chi connectivity index (χ1n) is 10.8. The van der Waals surface area contributed by atoms with Gasteiger partial charge < -0.3 is 9.80 Å². The summed E-state index contributed by atoms with van der Waals surface area (Å²) in [5.74, 6) is 1.82. The van der Waals surface area contributed by atoms with E-state index in [9.17, 15) is 0 Å². The van der Waals surface area contributed by atoms with Gasteiger partial charge in [0.15, 0.2) is 0 Å². The van der Waals surface area contributed by atoms with Gasteiger partial charge in [-0.25, -0.2) is 0 Å². The number of likely N-dealkylation sites (N-methyl/N-ethyl adjacent to an activating group) is 2. The van der Waals surface area contributed by atoms with Gasteiger partial charge in [0.05, 0.1) is 32.7 Å². The van der Waals surface area contributed by atoms with Gasteiger partial charge in [-0.15, -0.1) is 0 Å². The number of piperidine rings is 2. The lowest BCUT2D eigenvalue weighted by Gasteiger charge is -2.44. The van der Waals surface area contributed by atoms with Crippen LogP contribution in [0.5, 0.6) is 0 Å². The van der Waals surface area contributed by atoms with Crippen LogP contribution in [0.3, 0.4) is 0 Å². The third-order valence-electron chi connectivity index (χ3n) is 8.31. The van der Waals surface area contributed by atoms with Crippen LogP contribution in [0.1, 0.15) is 46.5 Å². The topological polar surface area (TPSA) is 18.5 Å². The summed E-state index contributed by atoms with van der Waals surface area (Å²) in [5.41, 5.74) is 0. The molecule has 7 atom stereocenters. The fourth-order valence-electron chi connectivity index (χ4n) is 7.52. The summed E-state index contributed by atoms with van der Waals surface area (Å²) in [6.45, 7) is 11.3. The highest BCUT2D eigenvalue weighted by atomic mass is 15.4. The average Bonchev–Trinajstić information content (AvgIpc) is 3.31. The Morgan fingerprint density at radius 2 is 1.56 bits per heavy atom. The molecule has 4 aliphatic rings. The Bertz CT molecular complexity index is 490. The van der Waals surface area contributed by atoms with Crippen LogP contribution in [0.15, 0.2) is 0 Å². The maximum Gasteiger partial charge on any atom is 0.108 e. The van der Waals surface area contributed by atoms with Crippen LogP contribution in [0.2, 0.25) is 0 Å². The number of hydrogen-bond donors (Lipinski definition) is 1. The molecule has 2 heterocycles. The molecular formula is C21H41N4+. The molecule has 4 fully saturated rings. The van der Waals surface area contributed by atoms with Crippen molar-refractivity contribution < 1.29 is 4.48 Å². The number of rotatable bonds is 6. The predicted molar refractivity (Wildman–Crippen MR) is 105 cm³/mol. The van der Waals surface area contributed by atoms with Crippen molar-refractivity contribution in [1.82, 2.24) is 15.1 Å². The van der Waals surface area contributed by atoms with Crippen molar-refractivity contribution in [2.75, 3.05) is 40.8 Å². The van der Waals surface area contributed by atoms with Crippen molar-refractivity contribution >= 4 is 0 Å². The van der Waals surface area contributed by atoms with Crippen LogP contribution >= 0.6 is 0 Å². The third kappa shape index (κ3) is 2.88. The number of likely N-dealkylation sites (tertiary alicyclic amines) is 2. The molecule has 4 bridgehead atoms. The minimum absolute atomic E-state index is 0.702. The maximum absolute atomic E-state index is 3.62. The predicted octanol–water partition coefficient (Wildman–Crippen LogP) is 2.00. The summed E-state index contributed by atoms with van der Waals surface area (Å²) in [6, 6.07) is 4.63. The molecule has 2 saturated heterocycles. The van der Waals surface area contributed by atoms with Crippen molar-refractivity contribution in [2.45, 2.75) is 82.7 Å². The van der Waals surface area contributed by atoms with E-state index >= 15 is 0 Å². The largest absolute Gasteiger partial charge is 0.323 e. The molecule has 4 heteroatoms. The SMILES string of the molecule is CNC1C2CCC1N(C(C)C[N+](C)(C)C1C3CCC1N(C(C)C)C3)C2. The Kier molecular flexibility index (Phi) is 4.71. The van der Waals surface area contributed by atoms with E-state index in [1.165, 1.54) is 49.8 Å². The van der Waals surface area contributed by atoms with Crippen LogP contribution in [0.4, 0.5) is 0 Å². The molecular weight excluding hydrogens is 308 g/mol. The van der Waals surface area contributed by atoms with E-state index in [1.54, 1.807) is 0 Å². The van der Waals surface area contributed by atoms with Crippen molar-refractivity contribution in [3.8, 4) is 0 Å². The van der Waals surface area contributed by atoms with E-state index in [0.717, 1.165) is 36.0 Å². The summed E-state index contributed by atoms with van der Waals surface area (Å²) in [6.07, 6.45) is 5.74. The van der Waals surface area contributed by atoms with E-state index < -0.39 is 0 Å². The molecule has 4 rings (SSSR count). The van der Waals surface area contributed by atoms with Gasteiger partial charge in [0.25, 0.3) is 0 Å². The van der Waals surface area contributed by atoms with Crippen molar-refractivity contribution in [2.24, 2.45) is 11.8 Å². The van der Waals surface area contributed by atoms with Gasteiger partial charge in [-0.05, 0) is 59.4 Å². The molecule has 7 unspecified atom stereocenters. The molecule has 0 amide bonds. The van der Waals surface area contributed by atoms with Crippen LogP contribution in [0.25, 0.3) is 0 Å². The van der Waals surface area contributed by atoms with Gasteiger partial charge in [0.1, 0.15) is 6.04 Å². The van der Waals surface area contributed by atoms with Gasteiger partial charge in [-0.3, -0.25) is 9.80 Å². The van der Waals surface area contributed by atoms with Gasteiger partial charge in [-0.2, -0.15) is 0 Å². The first-order valence-corrected chi connectivity index (χ1v) is 10.8. The van der Waals surface area contributed by atoms with Gasteiger partial charge in [0, 0.05) is 37.1 Å². The number of nitrogens with zero attached hydrogens (tertiary/aromatic N) is 3. The highest BCUT2D eigenvalue weighted by Crippen LogP contribution is 2.44. The van der Waals surface area contributed by atoms with E-state index in [2.05, 4.69) is 57.0 Å². The molecule has 2 aliphatic carbocycles. The molecule has 0 spiro atoms. The van der Waals surface area contributed by atoms with Crippen molar-refractivity contribution in [1.29, 1.82) is 0 Å². The Balaban J connectivity index is 1.44.